The molecule has 0 radical (unpaired) electrons. The second-order valence-electron chi connectivity index (χ2n) is 5.36. The summed E-state index contributed by atoms with van der Waals surface area (Å²) in [5, 5.41) is 3.54. The molecule has 2 aliphatic carbocycles. The molecule has 0 heterocycles. The lowest BCUT2D eigenvalue weighted by Crippen LogP contribution is -2.39. The fourth-order valence-electron chi connectivity index (χ4n) is 2.85. The second-order valence-corrected chi connectivity index (χ2v) is 6.27. The van der Waals surface area contributed by atoms with E-state index in [0.717, 1.165) is 23.5 Å². The maximum Gasteiger partial charge on any atom is 0.147 e. The monoisotopic (exact) mass is 241 g/mol. The molecule has 2 rings (SSSR count). The van der Waals surface area contributed by atoms with Crippen molar-refractivity contribution in [1.29, 1.82) is 0 Å². The van der Waals surface area contributed by atoms with Gasteiger partial charge in [0.2, 0.25) is 0 Å². The Morgan fingerprint density at radius 3 is 2.69 bits per heavy atom. The lowest BCUT2D eigenvalue weighted by molar-refractivity contribution is -0.118. The van der Waals surface area contributed by atoms with E-state index in [0.29, 0.717) is 11.8 Å². The standard InChI is InChI=1S/C13H23NOS/c1-4-9-5-10(9)11-6-12(11)14-13(7-16-3)8(2)15/h9-14H,4-7H2,1-3H3. The summed E-state index contributed by atoms with van der Waals surface area (Å²) in [6, 6.07) is 0.728. The molecule has 2 saturated carbocycles. The first-order chi connectivity index (χ1) is 7.67. The van der Waals surface area contributed by atoms with Crippen molar-refractivity contribution in [2.45, 2.75) is 45.2 Å². The van der Waals surface area contributed by atoms with Gasteiger partial charge >= 0.3 is 0 Å². The number of hydrogen-bond acceptors (Lipinski definition) is 3. The average Bonchev–Trinajstić information content (AvgIpc) is 3.11. The molecule has 16 heavy (non-hydrogen) atoms. The van der Waals surface area contributed by atoms with Gasteiger partial charge in [-0.15, -0.1) is 0 Å². The van der Waals surface area contributed by atoms with Crippen LogP contribution in [0.25, 0.3) is 0 Å². The molecule has 0 aliphatic heterocycles. The lowest BCUT2D eigenvalue weighted by atomic mass is 10.2. The van der Waals surface area contributed by atoms with E-state index in [-0.39, 0.29) is 6.04 Å². The third-order valence-corrected chi connectivity index (χ3v) is 4.80. The molecule has 5 unspecified atom stereocenters. The molecule has 0 spiro atoms. The van der Waals surface area contributed by atoms with Gasteiger partial charge in [0.25, 0.3) is 0 Å². The minimum absolute atomic E-state index is 0.0869. The zero-order valence-corrected chi connectivity index (χ0v) is 11.3. The summed E-state index contributed by atoms with van der Waals surface area (Å²) in [5.41, 5.74) is 0. The SMILES string of the molecule is CCC1CC1C1CC1NC(CSC)C(C)=O. The van der Waals surface area contributed by atoms with Crippen molar-refractivity contribution in [2.75, 3.05) is 12.0 Å². The van der Waals surface area contributed by atoms with Gasteiger partial charge in [-0.3, -0.25) is 4.79 Å². The zero-order chi connectivity index (χ0) is 11.7. The highest BCUT2D eigenvalue weighted by Gasteiger charge is 2.52. The highest BCUT2D eigenvalue weighted by atomic mass is 32.2. The summed E-state index contributed by atoms with van der Waals surface area (Å²) in [6.45, 7) is 4.00. The van der Waals surface area contributed by atoms with Crippen LogP contribution in [-0.2, 0) is 4.79 Å². The van der Waals surface area contributed by atoms with Crippen LogP contribution in [0.4, 0.5) is 0 Å². The minimum atomic E-state index is 0.0869. The van der Waals surface area contributed by atoms with E-state index in [1.165, 1.54) is 19.3 Å². The molecule has 0 saturated heterocycles. The Morgan fingerprint density at radius 2 is 2.19 bits per heavy atom. The van der Waals surface area contributed by atoms with Gasteiger partial charge in [0.1, 0.15) is 5.78 Å². The first-order valence-electron chi connectivity index (χ1n) is 6.42. The molecular formula is C13H23NOS. The third kappa shape index (κ3) is 2.80. The summed E-state index contributed by atoms with van der Waals surface area (Å²) in [6.07, 6.45) is 6.15. The summed E-state index contributed by atoms with van der Waals surface area (Å²) < 4.78 is 0. The normalized spacial score (nSPS) is 38.2. The van der Waals surface area contributed by atoms with Crippen molar-refractivity contribution in [3.8, 4) is 0 Å². The Hall–Kier alpha value is -0.0200. The fourth-order valence-corrected chi connectivity index (χ4v) is 3.52. The highest BCUT2D eigenvalue weighted by Crippen LogP contribution is 2.55. The van der Waals surface area contributed by atoms with Crippen LogP contribution in [0.1, 0.15) is 33.1 Å². The Bertz CT molecular complexity index is 269. The van der Waals surface area contributed by atoms with Crippen molar-refractivity contribution < 1.29 is 4.79 Å². The summed E-state index contributed by atoms with van der Waals surface area (Å²) in [7, 11) is 0. The van der Waals surface area contributed by atoms with Gasteiger partial charge in [0.05, 0.1) is 6.04 Å². The Kier molecular flexibility index (Phi) is 3.96. The third-order valence-electron chi connectivity index (χ3n) is 4.13. The molecule has 2 aliphatic rings. The number of thioether (sulfide) groups is 1. The van der Waals surface area contributed by atoms with Gasteiger partial charge in [0, 0.05) is 11.8 Å². The van der Waals surface area contributed by atoms with Gasteiger partial charge < -0.3 is 5.32 Å². The van der Waals surface area contributed by atoms with Crippen molar-refractivity contribution in [3.05, 3.63) is 0 Å². The quantitative estimate of drug-likeness (QED) is 0.742. The molecule has 2 nitrogen and oxygen atoms in total. The van der Waals surface area contributed by atoms with E-state index in [9.17, 15) is 4.79 Å². The van der Waals surface area contributed by atoms with Gasteiger partial charge in [-0.25, -0.2) is 0 Å². The second kappa shape index (κ2) is 5.09. The molecule has 0 aromatic rings. The number of Topliss-reactive ketones (excluding diaryl/α,β-unsaturated/α-hetero) is 1. The maximum atomic E-state index is 11.4. The number of carbonyl (C=O) groups excluding carboxylic acids is 1. The number of ketones is 1. The molecular weight excluding hydrogens is 218 g/mol. The van der Waals surface area contributed by atoms with Gasteiger partial charge in [-0.1, -0.05) is 13.3 Å². The molecule has 92 valence electrons. The Morgan fingerprint density at radius 1 is 1.44 bits per heavy atom. The van der Waals surface area contributed by atoms with Crippen molar-refractivity contribution in [3.63, 3.8) is 0 Å². The van der Waals surface area contributed by atoms with E-state index in [2.05, 4.69) is 18.5 Å². The van der Waals surface area contributed by atoms with Crippen LogP contribution < -0.4 is 5.32 Å². The Balaban J connectivity index is 1.73. The van der Waals surface area contributed by atoms with Crippen LogP contribution >= 0.6 is 11.8 Å². The first-order valence-corrected chi connectivity index (χ1v) is 7.82. The summed E-state index contributed by atoms with van der Waals surface area (Å²) in [5.74, 6) is 4.06. The van der Waals surface area contributed by atoms with Crippen LogP contribution in [0.2, 0.25) is 0 Å². The molecule has 0 amide bonds. The highest BCUT2D eigenvalue weighted by molar-refractivity contribution is 7.98. The zero-order valence-electron chi connectivity index (χ0n) is 10.5. The first kappa shape index (κ1) is 12.4. The van der Waals surface area contributed by atoms with Crippen LogP contribution in [0.5, 0.6) is 0 Å². The van der Waals surface area contributed by atoms with Crippen LogP contribution in [0, 0.1) is 17.8 Å². The summed E-state index contributed by atoms with van der Waals surface area (Å²) in [4.78, 5) is 11.4. The van der Waals surface area contributed by atoms with Crippen molar-refractivity contribution in [2.24, 2.45) is 17.8 Å². The molecule has 3 heteroatoms. The van der Waals surface area contributed by atoms with Crippen molar-refractivity contribution in [1.82, 2.24) is 5.32 Å². The van der Waals surface area contributed by atoms with Crippen LogP contribution in [-0.4, -0.2) is 29.9 Å². The van der Waals surface area contributed by atoms with Gasteiger partial charge in [-0.05, 0) is 43.8 Å². The van der Waals surface area contributed by atoms with E-state index in [1.807, 2.05) is 0 Å². The molecule has 0 aromatic heterocycles. The molecule has 0 aromatic carbocycles. The largest absolute Gasteiger partial charge is 0.304 e. The van der Waals surface area contributed by atoms with E-state index in [1.54, 1.807) is 18.7 Å². The van der Waals surface area contributed by atoms with Gasteiger partial charge in [0.15, 0.2) is 0 Å². The van der Waals surface area contributed by atoms with Crippen molar-refractivity contribution >= 4 is 17.5 Å². The molecule has 5 atom stereocenters. The molecule has 0 bridgehead atoms. The van der Waals surface area contributed by atoms with E-state index < -0.39 is 0 Å². The van der Waals surface area contributed by atoms with E-state index >= 15 is 0 Å². The lowest BCUT2D eigenvalue weighted by Gasteiger charge is -2.14. The summed E-state index contributed by atoms with van der Waals surface area (Å²) >= 11 is 1.75. The van der Waals surface area contributed by atoms with Gasteiger partial charge in [-0.2, -0.15) is 11.8 Å². The number of hydrogen-bond donors (Lipinski definition) is 1. The number of carbonyl (C=O) groups is 1. The Labute approximate surface area is 103 Å². The minimum Gasteiger partial charge on any atom is -0.304 e. The van der Waals surface area contributed by atoms with Crippen LogP contribution in [0.3, 0.4) is 0 Å². The molecule has 2 fully saturated rings. The average molecular weight is 241 g/mol. The number of rotatable bonds is 7. The van der Waals surface area contributed by atoms with E-state index in [4.69, 9.17) is 0 Å². The predicted molar refractivity (Wildman–Crippen MR) is 69.8 cm³/mol. The predicted octanol–water partition coefficient (Wildman–Crippen LogP) is 2.33. The van der Waals surface area contributed by atoms with Crippen LogP contribution in [0.15, 0.2) is 0 Å². The molecule has 1 N–H and O–H groups in total. The topological polar surface area (TPSA) is 29.1 Å². The fraction of sp³-hybridized carbons (Fsp3) is 0.923. The maximum absolute atomic E-state index is 11.4. The number of nitrogens with one attached hydrogen (secondary N) is 1. The smallest absolute Gasteiger partial charge is 0.147 e.